The minimum absolute atomic E-state index is 0.138. The molecule has 0 radical (unpaired) electrons. The summed E-state index contributed by atoms with van der Waals surface area (Å²) in [5.74, 6) is -0.728. The first kappa shape index (κ1) is 14.7. The predicted molar refractivity (Wildman–Crippen MR) is 72.9 cm³/mol. The zero-order chi connectivity index (χ0) is 18.7. The van der Waals surface area contributed by atoms with Gasteiger partial charge in [0.2, 0.25) is 0 Å². The van der Waals surface area contributed by atoms with Crippen LogP contribution in [0.4, 0.5) is 13.2 Å². The summed E-state index contributed by atoms with van der Waals surface area (Å²) < 4.78 is 73.8. The summed E-state index contributed by atoms with van der Waals surface area (Å²) in [5.41, 5.74) is -1.85. The molecular formula is C15H21F3O5. The molecule has 0 bridgehead atoms. The average Bonchev–Trinajstić information content (AvgIpc) is 3.40. The molecule has 1 aliphatic carbocycles. The number of aliphatic hydroxyl groups excluding tert-OH is 1. The van der Waals surface area contributed by atoms with Gasteiger partial charge in [-0.25, -0.2) is 0 Å². The second kappa shape index (κ2) is 5.70. The van der Waals surface area contributed by atoms with Crippen LogP contribution >= 0.6 is 0 Å². The maximum atomic E-state index is 12.1. The van der Waals surface area contributed by atoms with Gasteiger partial charge in [-0.3, -0.25) is 0 Å². The first-order valence-corrected chi connectivity index (χ1v) is 7.37. The maximum absolute atomic E-state index is 12.1. The van der Waals surface area contributed by atoms with Crippen LogP contribution in [0.3, 0.4) is 0 Å². The lowest BCUT2D eigenvalue weighted by molar-refractivity contribution is -0.174. The third-order valence-electron chi connectivity index (χ3n) is 4.58. The Hall–Kier alpha value is -0.670. The standard InChI is InChI=1S/C15H21F3O5/c1-13(10(23-13)4-6-21-8-15(16,17)18)12-11(20-2)9(19)3-5-14(12)7-22-14/h3,5,9-12,19H,4,6-8H2,1-2H3/t9-,10+,11+,12+,13+,14-/m0/s1/i3D,11D. The Balaban J connectivity index is 1.70. The van der Waals surface area contributed by atoms with E-state index in [-0.39, 0.29) is 25.7 Å². The number of alkyl halides is 3. The molecule has 0 amide bonds. The maximum Gasteiger partial charge on any atom is 0.411 e. The molecule has 0 aromatic rings. The van der Waals surface area contributed by atoms with Gasteiger partial charge in [0.15, 0.2) is 0 Å². The topological polar surface area (TPSA) is 63.8 Å². The predicted octanol–water partition coefficient (Wildman–Crippen LogP) is 1.44. The van der Waals surface area contributed by atoms with E-state index in [1.165, 1.54) is 13.2 Å². The number of ether oxygens (including phenoxy) is 4. The van der Waals surface area contributed by atoms with Crippen LogP contribution in [0.5, 0.6) is 0 Å². The first-order chi connectivity index (χ1) is 11.5. The number of epoxide rings is 2. The van der Waals surface area contributed by atoms with E-state index in [1.807, 2.05) is 0 Å². The molecule has 0 aromatic carbocycles. The van der Waals surface area contributed by atoms with E-state index < -0.39 is 48.2 Å². The molecule has 2 heterocycles. The molecule has 3 rings (SSSR count). The van der Waals surface area contributed by atoms with E-state index in [1.54, 1.807) is 6.92 Å². The average molecular weight is 340 g/mol. The molecule has 6 atom stereocenters. The molecule has 3 aliphatic rings. The minimum Gasteiger partial charge on any atom is -0.386 e. The van der Waals surface area contributed by atoms with E-state index in [4.69, 9.17) is 17.0 Å². The molecule has 132 valence electrons. The monoisotopic (exact) mass is 340 g/mol. The molecule has 8 heteroatoms. The van der Waals surface area contributed by atoms with Gasteiger partial charge in [0, 0.05) is 13.7 Å². The van der Waals surface area contributed by atoms with Gasteiger partial charge in [-0.2, -0.15) is 13.2 Å². The van der Waals surface area contributed by atoms with Crippen molar-refractivity contribution in [2.24, 2.45) is 5.92 Å². The highest BCUT2D eigenvalue weighted by Gasteiger charge is 2.70. The lowest BCUT2D eigenvalue weighted by Gasteiger charge is -2.38. The highest BCUT2D eigenvalue weighted by molar-refractivity contribution is 5.28. The van der Waals surface area contributed by atoms with E-state index in [0.717, 1.165) is 0 Å². The third-order valence-corrected chi connectivity index (χ3v) is 4.58. The van der Waals surface area contributed by atoms with Gasteiger partial charge in [-0.1, -0.05) is 12.1 Å². The normalized spacial score (nSPS) is 50.3. The smallest absolute Gasteiger partial charge is 0.386 e. The Labute approximate surface area is 135 Å². The van der Waals surface area contributed by atoms with Crippen LogP contribution in [0.15, 0.2) is 12.1 Å². The second-order valence-corrected chi connectivity index (χ2v) is 6.24. The van der Waals surface area contributed by atoms with Gasteiger partial charge < -0.3 is 24.1 Å². The van der Waals surface area contributed by atoms with E-state index in [9.17, 15) is 18.3 Å². The summed E-state index contributed by atoms with van der Waals surface area (Å²) in [6.07, 6.45) is -6.46. The molecule has 0 aromatic heterocycles. The number of halogens is 3. The van der Waals surface area contributed by atoms with Gasteiger partial charge in [0.05, 0.1) is 33.6 Å². The number of hydrogen-bond acceptors (Lipinski definition) is 5. The highest BCUT2D eigenvalue weighted by atomic mass is 19.4. The van der Waals surface area contributed by atoms with Gasteiger partial charge in [-0.05, 0) is 13.3 Å². The van der Waals surface area contributed by atoms with Crippen LogP contribution in [0.2, 0.25) is 0 Å². The fourth-order valence-corrected chi connectivity index (χ4v) is 3.36. The van der Waals surface area contributed by atoms with Gasteiger partial charge in [0.25, 0.3) is 0 Å². The van der Waals surface area contributed by atoms with Crippen molar-refractivity contribution >= 4 is 0 Å². The number of rotatable bonds is 6. The van der Waals surface area contributed by atoms with E-state index in [2.05, 4.69) is 4.74 Å². The summed E-state index contributed by atoms with van der Waals surface area (Å²) in [7, 11) is 1.27. The van der Waals surface area contributed by atoms with Gasteiger partial charge in [0.1, 0.15) is 17.8 Å². The Morgan fingerprint density at radius 2 is 2.22 bits per heavy atom. The molecule has 1 N–H and O–H groups in total. The highest BCUT2D eigenvalue weighted by Crippen LogP contribution is 2.57. The van der Waals surface area contributed by atoms with Crippen molar-refractivity contribution in [1.82, 2.24) is 0 Å². The fourth-order valence-electron chi connectivity index (χ4n) is 3.36. The van der Waals surface area contributed by atoms with Crippen LogP contribution in [0.25, 0.3) is 0 Å². The summed E-state index contributed by atoms with van der Waals surface area (Å²) in [4.78, 5) is 0. The zero-order valence-electron chi connectivity index (χ0n) is 14.9. The molecule has 5 nitrogen and oxygen atoms in total. The summed E-state index contributed by atoms with van der Waals surface area (Å²) in [6, 6.07) is -0.153. The van der Waals surface area contributed by atoms with Gasteiger partial charge >= 0.3 is 6.18 Å². The van der Waals surface area contributed by atoms with Crippen molar-refractivity contribution in [3.63, 3.8) is 0 Å². The van der Waals surface area contributed by atoms with Crippen LogP contribution in [0, 0.1) is 5.92 Å². The number of methoxy groups -OCH3 is 1. The Morgan fingerprint density at radius 3 is 2.78 bits per heavy atom. The Bertz CT molecular complexity index is 568. The molecule has 23 heavy (non-hydrogen) atoms. The quantitative estimate of drug-likeness (QED) is 0.450. The third kappa shape index (κ3) is 3.28. The fraction of sp³-hybridized carbons (Fsp3) is 0.867. The van der Waals surface area contributed by atoms with Crippen molar-refractivity contribution in [1.29, 1.82) is 0 Å². The molecule has 0 unspecified atom stereocenters. The molecule has 1 spiro atoms. The van der Waals surface area contributed by atoms with E-state index in [0.29, 0.717) is 0 Å². The minimum atomic E-state index is -4.38. The lowest BCUT2D eigenvalue weighted by Crippen LogP contribution is -2.52. The van der Waals surface area contributed by atoms with Crippen LogP contribution in [0.1, 0.15) is 16.1 Å². The summed E-state index contributed by atoms with van der Waals surface area (Å²) in [6.45, 7) is 0.526. The summed E-state index contributed by atoms with van der Waals surface area (Å²) >= 11 is 0. The van der Waals surface area contributed by atoms with Crippen molar-refractivity contribution in [2.75, 3.05) is 26.9 Å². The Morgan fingerprint density at radius 1 is 1.52 bits per heavy atom. The lowest BCUT2D eigenvalue weighted by atomic mass is 9.71. The molecule has 0 saturated carbocycles. The van der Waals surface area contributed by atoms with Crippen molar-refractivity contribution < 1.29 is 40.0 Å². The van der Waals surface area contributed by atoms with Crippen molar-refractivity contribution in [3.8, 4) is 0 Å². The van der Waals surface area contributed by atoms with E-state index >= 15 is 0 Å². The summed E-state index contributed by atoms with van der Waals surface area (Å²) in [5, 5.41) is 10.3. The van der Waals surface area contributed by atoms with Crippen molar-refractivity contribution in [3.05, 3.63) is 12.1 Å². The first-order valence-electron chi connectivity index (χ1n) is 8.37. The second-order valence-electron chi connectivity index (χ2n) is 6.24. The molecule has 2 aliphatic heterocycles. The Kier molecular flexibility index (Phi) is 3.63. The van der Waals surface area contributed by atoms with Crippen LogP contribution in [-0.4, -0.2) is 67.7 Å². The largest absolute Gasteiger partial charge is 0.411 e. The van der Waals surface area contributed by atoms with Crippen LogP contribution in [-0.2, 0) is 18.9 Å². The zero-order valence-corrected chi connectivity index (χ0v) is 12.9. The SMILES string of the molecule is [2H]C1=C[C@]2(CO2)[C@@H]([C@]2(C)O[C@@H]2CCOCC(F)(F)F)[C@]([2H])(OC)[C@H]1O. The molecular weight excluding hydrogens is 317 g/mol. The molecule has 2 saturated heterocycles. The number of aliphatic hydroxyl groups is 1. The van der Waals surface area contributed by atoms with Crippen molar-refractivity contribution in [2.45, 2.75) is 49.0 Å². The molecule has 2 fully saturated rings. The van der Waals surface area contributed by atoms with Gasteiger partial charge in [-0.15, -0.1) is 0 Å². The number of hydrogen-bond donors (Lipinski definition) is 1. The van der Waals surface area contributed by atoms with Crippen LogP contribution < -0.4 is 0 Å².